The van der Waals surface area contributed by atoms with Crippen molar-refractivity contribution in [1.82, 2.24) is 10.2 Å². The van der Waals surface area contributed by atoms with E-state index in [1.807, 2.05) is 19.0 Å². The molecule has 2 aliphatic carbocycles. The maximum atomic E-state index is 11.7. The van der Waals surface area contributed by atoms with E-state index >= 15 is 0 Å². The van der Waals surface area contributed by atoms with E-state index in [9.17, 15) is 4.79 Å². The molecule has 0 saturated heterocycles. The molecule has 2 bridgehead atoms. The molecule has 3 heteroatoms. The Labute approximate surface area is 98.6 Å². The third-order valence-corrected chi connectivity index (χ3v) is 4.28. The van der Waals surface area contributed by atoms with E-state index in [-0.39, 0.29) is 5.91 Å². The number of nitrogens with one attached hydrogen (secondary N) is 1. The number of fused-ring (bicyclic) bond motifs is 2. The normalized spacial score (nSPS) is 34.4. The lowest BCUT2D eigenvalue weighted by atomic mass is 9.84. The van der Waals surface area contributed by atoms with Gasteiger partial charge in [0, 0.05) is 6.04 Å². The average molecular weight is 224 g/mol. The summed E-state index contributed by atoms with van der Waals surface area (Å²) in [6.45, 7) is 2.68. The van der Waals surface area contributed by atoms with E-state index in [0.29, 0.717) is 12.6 Å². The molecule has 16 heavy (non-hydrogen) atoms. The first-order valence-electron chi connectivity index (χ1n) is 6.50. The van der Waals surface area contributed by atoms with Crippen LogP contribution in [-0.2, 0) is 4.79 Å². The first kappa shape index (κ1) is 11.9. The van der Waals surface area contributed by atoms with Crippen molar-refractivity contribution in [1.29, 1.82) is 0 Å². The average Bonchev–Trinajstić information content (AvgIpc) is 2.76. The van der Waals surface area contributed by atoms with E-state index in [4.69, 9.17) is 0 Å². The van der Waals surface area contributed by atoms with Crippen LogP contribution in [0.2, 0.25) is 0 Å². The summed E-state index contributed by atoms with van der Waals surface area (Å²) in [7, 11) is 3.86. The summed E-state index contributed by atoms with van der Waals surface area (Å²) >= 11 is 0. The highest BCUT2D eigenvalue weighted by Crippen LogP contribution is 2.49. The lowest BCUT2D eigenvalue weighted by Gasteiger charge is -2.28. The largest absolute Gasteiger partial charge is 0.352 e. The maximum Gasteiger partial charge on any atom is 0.234 e. The van der Waals surface area contributed by atoms with Gasteiger partial charge < -0.3 is 10.2 Å². The van der Waals surface area contributed by atoms with Gasteiger partial charge in [0.2, 0.25) is 5.91 Å². The van der Waals surface area contributed by atoms with E-state index in [2.05, 4.69) is 12.2 Å². The van der Waals surface area contributed by atoms with Crippen molar-refractivity contribution in [2.45, 2.75) is 38.6 Å². The topological polar surface area (TPSA) is 32.3 Å². The van der Waals surface area contributed by atoms with Crippen molar-refractivity contribution in [3.8, 4) is 0 Å². The van der Waals surface area contributed by atoms with Crippen LogP contribution >= 0.6 is 0 Å². The quantitative estimate of drug-likeness (QED) is 0.784. The van der Waals surface area contributed by atoms with Crippen LogP contribution in [-0.4, -0.2) is 37.5 Å². The zero-order chi connectivity index (χ0) is 11.7. The molecule has 0 heterocycles. The van der Waals surface area contributed by atoms with Gasteiger partial charge in [0.1, 0.15) is 0 Å². The second-order valence-electron chi connectivity index (χ2n) is 5.93. The highest BCUT2D eigenvalue weighted by molar-refractivity contribution is 5.78. The molecule has 2 rings (SSSR count). The number of nitrogens with zero attached hydrogens (tertiary/aromatic N) is 1. The van der Waals surface area contributed by atoms with Gasteiger partial charge in [0.05, 0.1) is 6.54 Å². The molecule has 0 spiro atoms. The Bertz CT molecular complexity index is 265. The molecule has 0 radical (unpaired) electrons. The molecule has 2 aliphatic rings. The van der Waals surface area contributed by atoms with Gasteiger partial charge in [-0.15, -0.1) is 0 Å². The summed E-state index contributed by atoms with van der Waals surface area (Å²) < 4.78 is 0. The van der Waals surface area contributed by atoms with Crippen LogP contribution in [0.3, 0.4) is 0 Å². The van der Waals surface area contributed by atoms with E-state index < -0.39 is 0 Å². The minimum Gasteiger partial charge on any atom is -0.352 e. The predicted molar refractivity (Wildman–Crippen MR) is 65.1 cm³/mol. The van der Waals surface area contributed by atoms with Crippen LogP contribution in [0.5, 0.6) is 0 Å². The summed E-state index contributed by atoms with van der Waals surface area (Å²) in [5.41, 5.74) is 0. The van der Waals surface area contributed by atoms with Crippen LogP contribution < -0.4 is 5.32 Å². The second-order valence-corrected chi connectivity index (χ2v) is 5.93. The molecular formula is C13H24N2O. The summed E-state index contributed by atoms with van der Waals surface area (Å²) in [6, 6.07) is 0.364. The molecule has 0 aromatic carbocycles. The number of carbonyl (C=O) groups is 1. The Hall–Kier alpha value is -0.570. The smallest absolute Gasteiger partial charge is 0.234 e. The molecule has 1 amide bonds. The molecular weight excluding hydrogens is 200 g/mol. The standard InChI is InChI=1S/C13H24N2O/c1-9(14-13(16)8-15(2)3)12-7-10-4-5-11(12)6-10/h9-12H,4-8H2,1-3H3,(H,14,16)/t9-,10+,11+,12+/m1/s1. The number of likely N-dealkylation sites (N-methyl/N-ethyl adjacent to an activating group) is 1. The van der Waals surface area contributed by atoms with Gasteiger partial charge in [-0.1, -0.05) is 6.42 Å². The zero-order valence-electron chi connectivity index (χ0n) is 10.7. The minimum absolute atomic E-state index is 0.167. The van der Waals surface area contributed by atoms with Gasteiger partial charge >= 0.3 is 0 Å². The molecule has 4 atom stereocenters. The number of rotatable bonds is 4. The van der Waals surface area contributed by atoms with Crippen molar-refractivity contribution in [3.63, 3.8) is 0 Å². The summed E-state index contributed by atoms with van der Waals surface area (Å²) in [5.74, 6) is 2.76. The second kappa shape index (κ2) is 4.74. The van der Waals surface area contributed by atoms with E-state index in [1.165, 1.54) is 25.7 Å². The fourth-order valence-electron chi connectivity index (χ4n) is 3.60. The number of hydrogen-bond acceptors (Lipinski definition) is 2. The van der Waals surface area contributed by atoms with Crippen molar-refractivity contribution in [2.75, 3.05) is 20.6 Å². The number of carbonyl (C=O) groups excluding carboxylic acids is 1. The van der Waals surface area contributed by atoms with E-state index in [1.54, 1.807) is 0 Å². The van der Waals surface area contributed by atoms with Gasteiger partial charge in [-0.2, -0.15) is 0 Å². The van der Waals surface area contributed by atoms with Crippen LogP contribution in [0.1, 0.15) is 32.6 Å². The highest BCUT2D eigenvalue weighted by Gasteiger charge is 2.42. The summed E-state index contributed by atoms with van der Waals surface area (Å²) in [4.78, 5) is 13.6. The maximum absolute atomic E-state index is 11.7. The van der Waals surface area contributed by atoms with Crippen molar-refractivity contribution >= 4 is 5.91 Å². The molecule has 92 valence electrons. The summed E-state index contributed by atoms with van der Waals surface area (Å²) in [6.07, 6.45) is 5.58. The Morgan fingerprint density at radius 3 is 2.62 bits per heavy atom. The Balaban J connectivity index is 1.80. The molecule has 2 fully saturated rings. The molecule has 3 nitrogen and oxygen atoms in total. The number of amides is 1. The van der Waals surface area contributed by atoms with Gasteiger partial charge in [-0.3, -0.25) is 4.79 Å². The van der Waals surface area contributed by atoms with Gasteiger partial charge in [-0.25, -0.2) is 0 Å². The Morgan fingerprint density at radius 2 is 2.12 bits per heavy atom. The lowest BCUT2D eigenvalue weighted by molar-refractivity contribution is -0.122. The Morgan fingerprint density at radius 1 is 1.38 bits per heavy atom. The molecule has 1 N–H and O–H groups in total. The van der Waals surface area contributed by atoms with Crippen LogP contribution in [0.15, 0.2) is 0 Å². The van der Waals surface area contributed by atoms with Crippen LogP contribution in [0.4, 0.5) is 0 Å². The fourth-order valence-corrected chi connectivity index (χ4v) is 3.60. The molecule has 0 aromatic rings. The Kier molecular flexibility index (Phi) is 3.53. The monoisotopic (exact) mass is 224 g/mol. The van der Waals surface area contributed by atoms with Crippen LogP contribution in [0, 0.1) is 17.8 Å². The molecule has 0 aromatic heterocycles. The first-order valence-corrected chi connectivity index (χ1v) is 6.50. The van der Waals surface area contributed by atoms with Crippen molar-refractivity contribution in [2.24, 2.45) is 17.8 Å². The molecule has 2 saturated carbocycles. The molecule has 0 aliphatic heterocycles. The zero-order valence-corrected chi connectivity index (χ0v) is 10.7. The van der Waals surface area contributed by atoms with Gasteiger partial charge in [-0.05, 0) is 58.0 Å². The third kappa shape index (κ3) is 2.57. The van der Waals surface area contributed by atoms with Gasteiger partial charge in [0.15, 0.2) is 0 Å². The van der Waals surface area contributed by atoms with Crippen molar-refractivity contribution in [3.05, 3.63) is 0 Å². The summed E-state index contributed by atoms with van der Waals surface area (Å²) in [5, 5.41) is 3.16. The number of hydrogen-bond donors (Lipinski definition) is 1. The minimum atomic E-state index is 0.167. The van der Waals surface area contributed by atoms with Crippen LogP contribution in [0.25, 0.3) is 0 Å². The highest BCUT2D eigenvalue weighted by atomic mass is 16.2. The fraction of sp³-hybridized carbons (Fsp3) is 0.923. The third-order valence-electron chi connectivity index (χ3n) is 4.28. The van der Waals surface area contributed by atoms with Gasteiger partial charge in [0.25, 0.3) is 0 Å². The van der Waals surface area contributed by atoms with E-state index in [0.717, 1.165) is 17.8 Å². The first-order chi connectivity index (χ1) is 7.56. The SMILES string of the molecule is C[C@@H](NC(=O)CN(C)C)[C@@H]1C[C@H]2CC[C@H]1C2. The lowest BCUT2D eigenvalue weighted by Crippen LogP contribution is -2.43. The predicted octanol–water partition coefficient (Wildman–Crippen LogP) is 1.49. The molecule has 0 unspecified atom stereocenters. The van der Waals surface area contributed by atoms with Crippen molar-refractivity contribution < 1.29 is 4.79 Å².